The molecule has 0 heterocycles. The molecule has 2 aromatic carbocycles. The van der Waals surface area contributed by atoms with Gasteiger partial charge in [-0.1, -0.05) is 24.3 Å². The smallest absolute Gasteiger partial charge is 0.339 e. The highest BCUT2D eigenvalue weighted by molar-refractivity contribution is 5.92. The fourth-order valence-corrected chi connectivity index (χ4v) is 1.94. The minimum Gasteiger partial charge on any atom is -0.507 e. The lowest BCUT2D eigenvalue weighted by molar-refractivity contribution is 0.0694. The van der Waals surface area contributed by atoms with Crippen molar-refractivity contribution in [3.63, 3.8) is 0 Å². The molecule has 21 heavy (non-hydrogen) atoms. The topological polar surface area (TPSA) is 76.0 Å². The van der Waals surface area contributed by atoms with Crippen LogP contribution in [0.1, 0.15) is 10.4 Å². The van der Waals surface area contributed by atoms with E-state index in [2.05, 4.69) is 0 Å². The Kier molecular flexibility index (Phi) is 4.79. The van der Waals surface area contributed by atoms with Crippen LogP contribution < -0.4 is 4.74 Å². The summed E-state index contributed by atoms with van der Waals surface area (Å²) >= 11 is 0. The van der Waals surface area contributed by atoms with Crippen LogP contribution in [0.2, 0.25) is 0 Å². The number of phenols is 1. The van der Waals surface area contributed by atoms with Crippen LogP contribution in [-0.2, 0) is 4.74 Å². The molecule has 0 amide bonds. The van der Waals surface area contributed by atoms with Crippen molar-refractivity contribution in [2.24, 2.45) is 0 Å². The molecule has 2 aromatic rings. The van der Waals surface area contributed by atoms with Gasteiger partial charge in [-0.3, -0.25) is 0 Å². The van der Waals surface area contributed by atoms with Crippen molar-refractivity contribution in [3.05, 3.63) is 48.0 Å². The van der Waals surface area contributed by atoms with Crippen molar-refractivity contribution in [2.45, 2.75) is 0 Å². The van der Waals surface area contributed by atoms with Gasteiger partial charge in [-0.2, -0.15) is 0 Å². The van der Waals surface area contributed by atoms with Crippen molar-refractivity contribution in [3.8, 4) is 22.6 Å². The third kappa shape index (κ3) is 3.52. The van der Waals surface area contributed by atoms with Crippen LogP contribution in [0.3, 0.4) is 0 Å². The maximum absolute atomic E-state index is 11.1. The molecule has 0 aliphatic heterocycles. The fraction of sp³-hybridized carbons (Fsp3) is 0.188. The van der Waals surface area contributed by atoms with E-state index >= 15 is 0 Å². The Bertz CT molecular complexity index is 636. The molecule has 5 nitrogen and oxygen atoms in total. The molecule has 0 aliphatic rings. The lowest BCUT2D eigenvalue weighted by Gasteiger charge is -2.12. The lowest BCUT2D eigenvalue weighted by atomic mass is 10.0. The van der Waals surface area contributed by atoms with Gasteiger partial charge in [-0.05, 0) is 23.8 Å². The summed E-state index contributed by atoms with van der Waals surface area (Å²) in [4.78, 5) is 11.1. The average Bonchev–Trinajstić information content (AvgIpc) is 2.48. The molecule has 0 unspecified atom stereocenters. The zero-order valence-electron chi connectivity index (χ0n) is 11.6. The average molecular weight is 288 g/mol. The molecule has 2 rings (SSSR count). The fourth-order valence-electron chi connectivity index (χ4n) is 1.94. The Morgan fingerprint density at radius 2 is 1.90 bits per heavy atom. The summed E-state index contributed by atoms with van der Waals surface area (Å²) in [7, 11) is 1.59. The molecule has 0 radical (unpaired) electrons. The quantitative estimate of drug-likeness (QED) is 0.799. The molecular formula is C16H16O5. The van der Waals surface area contributed by atoms with Gasteiger partial charge in [0.1, 0.15) is 23.7 Å². The van der Waals surface area contributed by atoms with E-state index in [1.807, 2.05) is 18.2 Å². The zero-order chi connectivity index (χ0) is 15.2. The number of rotatable bonds is 6. The number of aromatic hydroxyl groups is 1. The van der Waals surface area contributed by atoms with Crippen molar-refractivity contribution in [1.82, 2.24) is 0 Å². The van der Waals surface area contributed by atoms with E-state index in [1.165, 1.54) is 12.1 Å². The van der Waals surface area contributed by atoms with E-state index in [9.17, 15) is 9.90 Å². The lowest BCUT2D eigenvalue weighted by Crippen LogP contribution is -2.05. The number of carboxylic acid groups (broad SMARTS) is 1. The summed E-state index contributed by atoms with van der Waals surface area (Å²) in [5.74, 6) is -0.798. The number of ether oxygens (including phenoxy) is 2. The summed E-state index contributed by atoms with van der Waals surface area (Å²) in [6, 6.07) is 11.8. The monoisotopic (exact) mass is 288 g/mol. The number of benzene rings is 2. The minimum atomic E-state index is -1.17. The van der Waals surface area contributed by atoms with Gasteiger partial charge in [-0.15, -0.1) is 0 Å². The minimum absolute atomic E-state index is 0.140. The number of para-hydroxylation sites is 1. The molecule has 0 atom stereocenters. The second-order valence-electron chi connectivity index (χ2n) is 4.37. The summed E-state index contributed by atoms with van der Waals surface area (Å²) in [5, 5.41) is 18.6. The highest BCUT2D eigenvalue weighted by atomic mass is 16.5. The number of hydrogen-bond acceptors (Lipinski definition) is 4. The maximum atomic E-state index is 11.1. The molecule has 0 saturated heterocycles. The molecule has 0 aromatic heterocycles. The van der Waals surface area contributed by atoms with Gasteiger partial charge < -0.3 is 19.7 Å². The largest absolute Gasteiger partial charge is 0.507 e. The van der Waals surface area contributed by atoms with Crippen LogP contribution in [-0.4, -0.2) is 36.5 Å². The molecule has 0 bridgehead atoms. The van der Waals surface area contributed by atoms with E-state index in [4.69, 9.17) is 14.6 Å². The Balaban J connectivity index is 2.37. The number of aromatic carboxylic acids is 1. The van der Waals surface area contributed by atoms with E-state index in [1.54, 1.807) is 19.2 Å². The van der Waals surface area contributed by atoms with Crippen LogP contribution in [0.4, 0.5) is 0 Å². The number of methoxy groups -OCH3 is 1. The predicted octanol–water partition coefficient (Wildman–Crippen LogP) is 2.78. The highest BCUT2D eigenvalue weighted by Gasteiger charge is 2.13. The van der Waals surface area contributed by atoms with E-state index in [0.717, 1.165) is 5.56 Å². The molecular weight excluding hydrogens is 272 g/mol. The summed E-state index contributed by atoms with van der Waals surface area (Å²) in [5.41, 5.74) is 1.29. The molecule has 0 aliphatic carbocycles. The Labute approximate surface area is 122 Å². The maximum Gasteiger partial charge on any atom is 0.339 e. The first kappa shape index (κ1) is 14.9. The normalized spacial score (nSPS) is 10.3. The number of carboxylic acids is 1. The third-order valence-electron chi connectivity index (χ3n) is 2.97. The predicted molar refractivity (Wildman–Crippen MR) is 77.9 cm³/mol. The summed E-state index contributed by atoms with van der Waals surface area (Å²) in [6.07, 6.45) is 0. The second-order valence-corrected chi connectivity index (χ2v) is 4.37. The van der Waals surface area contributed by atoms with Gasteiger partial charge in [0.15, 0.2) is 0 Å². The molecule has 2 N–H and O–H groups in total. The van der Waals surface area contributed by atoms with Crippen molar-refractivity contribution in [2.75, 3.05) is 20.3 Å². The van der Waals surface area contributed by atoms with Crippen LogP contribution in [0, 0.1) is 0 Å². The van der Waals surface area contributed by atoms with Crippen molar-refractivity contribution in [1.29, 1.82) is 0 Å². The van der Waals surface area contributed by atoms with Gasteiger partial charge in [0.2, 0.25) is 0 Å². The Morgan fingerprint density at radius 3 is 2.62 bits per heavy atom. The van der Waals surface area contributed by atoms with Gasteiger partial charge in [0.25, 0.3) is 0 Å². The zero-order valence-corrected chi connectivity index (χ0v) is 11.6. The van der Waals surface area contributed by atoms with Crippen LogP contribution >= 0.6 is 0 Å². The first-order valence-corrected chi connectivity index (χ1v) is 6.41. The van der Waals surface area contributed by atoms with Crippen molar-refractivity contribution >= 4 is 5.97 Å². The second kappa shape index (κ2) is 6.76. The standard InChI is InChI=1S/C16H16O5/c1-20-8-9-21-15-5-3-2-4-12(15)11-6-7-14(17)13(10-11)16(18)19/h2-7,10,17H,8-9H2,1H3,(H,18,19). The molecule has 0 fully saturated rings. The Morgan fingerprint density at radius 1 is 1.14 bits per heavy atom. The van der Waals surface area contributed by atoms with E-state index in [-0.39, 0.29) is 11.3 Å². The van der Waals surface area contributed by atoms with Crippen LogP contribution in [0.15, 0.2) is 42.5 Å². The molecule has 110 valence electrons. The molecule has 5 heteroatoms. The van der Waals surface area contributed by atoms with Gasteiger partial charge in [0, 0.05) is 12.7 Å². The van der Waals surface area contributed by atoms with Crippen LogP contribution in [0.25, 0.3) is 11.1 Å². The van der Waals surface area contributed by atoms with E-state index in [0.29, 0.717) is 24.5 Å². The van der Waals surface area contributed by atoms with Gasteiger partial charge in [-0.25, -0.2) is 4.79 Å². The molecule has 0 saturated carbocycles. The first-order valence-electron chi connectivity index (χ1n) is 6.41. The van der Waals surface area contributed by atoms with E-state index < -0.39 is 5.97 Å². The van der Waals surface area contributed by atoms with Gasteiger partial charge in [0.05, 0.1) is 6.61 Å². The van der Waals surface area contributed by atoms with Crippen LogP contribution in [0.5, 0.6) is 11.5 Å². The highest BCUT2D eigenvalue weighted by Crippen LogP contribution is 2.32. The Hall–Kier alpha value is -2.53. The summed E-state index contributed by atoms with van der Waals surface area (Å²) < 4.78 is 10.6. The van der Waals surface area contributed by atoms with Crippen molar-refractivity contribution < 1.29 is 24.5 Å². The number of hydrogen-bond donors (Lipinski definition) is 2. The number of carbonyl (C=O) groups is 1. The first-order chi connectivity index (χ1) is 10.1. The third-order valence-corrected chi connectivity index (χ3v) is 2.97. The summed E-state index contributed by atoms with van der Waals surface area (Å²) in [6.45, 7) is 0.863. The molecule has 0 spiro atoms. The SMILES string of the molecule is COCCOc1ccccc1-c1ccc(O)c(C(=O)O)c1. The van der Waals surface area contributed by atoms with Gasteiger partial charge >= 0.3 is 5.97 Å².